The number of allylic oxidation sites excluding steroid dienone is 4. The summed E-state index contributed by atoms with van der Waals surface area (Å²) in [5, 5.41) is 0. The van der Waals surface area contributed by atoms with E-state index in [1.807, 2.05) is 0 Å². The molecular weight excluding hydrogens is 570 g/mol. The Morgan fingerprint density at radius 3 is 1.74 bits per heavy atom. The van der Waals surface area contributed by atoms with E-state index in [1.165, 1.54) is 26.0 Å². The Morgan fingerprint density at radius 1 is 0.815 bits per heavy atom. The molecule has 0 aliphatic heterocycles. The van der Waals surface area contributed by atoms with Crippen LogP contribution in [-0.4, -0.2) is 14.9 Å². The van der Waals surface area contributed by atoms with Gasteiger partial charge < -0.3 is 24.8 Å². The summed E-state index contributed by atoms with van der Waals surface area (Å²) in [7, 11) is 2.87. The third-order valence-electron chi connectivity index (χ3n) is 6.15. The smallest absolute Gasteiger partial charge is 1.00 e. The minimum atomic E-state index is -2.40. The standard InChI is InChI=1S/C13H9.C9H13.2ClH.Hf.2H3Si/c1-3-7-12-10(5-1)9-11-6-2-4-8-13(11)12;1-9(2,3)8-6-4-5-7-8;;;;;/h1-9H;4-7H,1-3H3;2*1H;;2*1H3/p-2. The predicted molar refractivity (Wildman–Crippen MR) is 114 cm³/mol. The van der Waals surface area contributed by atoms with Gasteiger partial charge in [-0.05, 0) is 0 Å². The van der Waals surface area contributed by atoms with Crippen molar-refractivity contribution in [2.75, 3.05) is 0 Å². The topological polar surface area (TPSA) is 0 Å². The maximum absolute atomic E-state index is 2.67. The van der Waals surface area contributed by atoms with E-state index < -0.39 is 18.3 Å². The number of halogens is 2. The predicted octanol–water partition coefficient (Wildman–Crippen LogP) is -2.19. The summed E-state index contributed by atoms with van der Waals surface area (Å²) >= 11 is -2.40. The Bertz CT molecular complexity index is 852. The number of fused-ring (bicyclic) bond motifs is 3. The summed E-state index contributed by atoms with van der Waals surface area (Å²) in [6, 6.07) is 18.5. The summed E-state index contributed by atoms with van der Waals surface area (Å²) in [5.74, 6) is 0. The molecule has 0 saturated heterocycles. The molecule has 0 radical (unpaired) electrons. The second-order valence-electron chi connectivity index (χ2n) is 9.19. The zero-order valence-corrected chi connectivity index (χ0v) is 25.9. The van der Waals surface area contributed by atoms with Gasteiger partial charge in [0, 0.05) is 0 Å². The zero-order chi connectivity index (χ0) is 17.8. The van der Waals surface area contributed by atoms with Crippen molar-refractivity contribution in [3.8, 4) is 11.1 Å². The van der Waals surface area contributed by atoms with Gasteiger partial charge in [-0.15, -0.1) is 0 Å². The minimum Gasteiger partial charge on any atom is -1.00 e. The first kappa shape index (κ1) is 23.1. The van der Waals surface area contributed by atoms with E-state index in [4.69, 9.17) is 0 Å². The van der Waals surface area contributed by atoms with Crippen LogP contribution in [0.25, 0.3) is 11.1 Å². The van der Waals surface area contributed by atoms with Crippen molar-refractivity contribution < 1.29 is 43.1 Å². The van der Waals surface area contributed by atoms with Gasteiger partial charge in [0.2, 0.25) is 0 Å². The Labute approximate surface area is 184 Å². The van der Waals surface area contributed by atoms with Crippen LogP contribution in [0.15, 0.2) is 72.3 Å². The minimum absolute atomic E-state index is 0. The van der Waals surface area contributed by atoms with E-state index in [0.29, 0.717) is 0 Å². The van der Waals surface area contributed by atoms with E-state index >= 15 is 0 Å². The van der Waals surface area contributed by atoms with Crippen LogP contribution >= 0.6 is 0 Å². The van der Waals surface area contributed by atoms with Crippen LogP contribution in [0.3, 0.4) is 0 Å². The van der Waals surface area contributed by atoms with E-state index in [2.05, 4.69) is 87.5 Å². The molecule has 2 aromatic carbocycles. The van der Waals surface area contributed by atoms with Gasteiger partial charge in [-0.3, -0.25) is 0 Å². The second kappa shape index (κ2) is 8.27. The van der Waals surface area contributed by atoms with Crippen molar-refractivity contribution in [1.29, 1.82) is 0 Å². The Balaban J connectivity index is 0.00000131. The molecule has 2 aromatic rings. The van der Waals surface area contributed by atoms with E-state index in [0.717, 1.165) is 7.35 Å². The maximum Gasteiger partial charge on any atom is -1.00 e. The molecular formula is C22H28Cl2HfSi2-2. The first-order valence-corrected chi connectivity index (χ1v) is 37.1. The zero-order valence-electron chi connectivity index (χ0n) is 16.8. The molecule has 0 fully saturated rings. The summed E-state index contributed by atoms with van der Waals surface area (Å²) in [5.41, 5.74) is 8.18. The van der Waals surface area contributed by atoms with E-state index in [-0.39, 0.29) is 30.2 Å². The molecule has 144 valence electrons. The molecule has 2 aliphatic carbocycles. The Kier molecular flexibility index (Phi) is 7.07. The summed E-state index contributed by atoms with van der Waals surface area (Å²) in [6.07, 6.45) is 7.71. The summed E-state index contributed by atoms with van der Waals surface area (Å²) in [6.45, 7) is 7.05. The van der Waals surface area contributed by atoms with Gasteiger partial charge in [0.25, 0.3) is 0 Å². The molecule has 1 unspecified atom stereocenters. The fourth-order valence-corrected chi connectivity index (χ4v) is 34.0. The summed E-state index contributed by atoms with van der Waals surface area (Å²) in [4.78, 5) is 0. The molecule has 0 nitrogen and oxygen atoms in total. The number of benzene rings is 2. The second-order valence-corrected chi connectivity index (χ2v) is 78.4. The van der Waals surface area contributed by atoms with Crippen molar-refractivity contribution >= 4 is 14.9 Å². The third-order valence-corrected chi connectivity index (χ3v) is 41.6. The van der Waals surface area contributed by atoms with Crippen molar-refractivity contribution in [2.45, 2.75) is 28.1 Å². The fourth-order valence-electron chi connectivity index (χ4n) is 4.62. The van der Waals surface area contributed by atoms with Crippen LogP contribution in [-0.2, 0) is 18.3 Å². The molecule has 0 bridgehead atoms. The van der Waals surface area contributed by atoms with Crippen LogP contribution in [0, 0.1) is 5.41 Å². The average molecular weight is 598 g/mol. The van der Waals surface area contributed by atoms with Gasteiger partial charge in [-0.1, -0.05) is 0 Å². The van der Waals surface area contributed by atoms with Crippen molar-refractivity contribution in [3.63, 3.8) is 0 Å². The normalized spacial score (nSPS) is 20.3. The first-order chi connectivity index (χ1) is 11.8. The SMILES string of the molecule is CC(C)(C)C1=C[CH]([Hf]([SiH3])([SiH3])[CH]2c3ccccc3-c3ccccc32)C=C1.[Cl-].[Cl-]. The van der Waals surface area contributed by atoms with Gasteiger partial charge in [-0.25, -0.2) is 0 Å². The Morgan fingerprint density at radius 2 is 1.30 bits per heavy atom. The maximum atomic E-state index is 2.67. The molecule has 4 rings (SSSR count). The van der Waals surface area contributed by atoms with E-state index in [9.17, 15) is 0 Å². The van der Waals surface area contributed by atoms with Crippen molar-refractivity contribution in [3.05, 3.63) is 83.5 Å². The van der Waals surface area contributed by atoms with Gasteiger partial charge in [0.1, 0.15) is 0 Å². The summed E-state index contributed by atoms with van der Waals surface area (Å²) < 4.78 is 1.59. The van der Waals surface area contributed by atoms with Gasteiger partial charge in [0.15, 0.2) is 0 Å². The molecule has 0 spiro atoms. The fraction of sp³-hybridized carbons (Fsp3) is 0.273. The largest absolute Gasteiger partial charge is 1.00 e. The number of hydrogen-bond donors (Lipinski definition) is 0. The van der Waals surface area contributed by atoms with Crippen LogP contribution in [0.5, 0.6) is 0 Å². The monoisotopic (exact) mass is 598 g/mol. The van der Waals surface area contributed by atoms with Crippen LogP contribution in [0.4, 0.5) is 0 Å². The van der Waals surface area contributed by atoms with Crippen LogP contribution in [0.1, 0.15) is 35.6 Å². The van der Waals surface area contributed by atoms with Crippen molar-refractivity contribution in [1.82, 2.24) is 0 Å². The molecule has 0 saturated carbocycles. The third kappa shape index (κ3) is 3.95. The molecule has 0 heterocycles. The molecule has 1 atom stereocenters. The number of hydrogen-bond acceptors (Lipinski definition) is 0. The Hall–Kier alpha value is -0.196. The molecule has 5 heteroatoms. The molecule has 27 heavy (non-hydrogen) atoms. The first-order valence-electron chi connectivity index (χ1n) is 9.39. The molecule has 0 aromatic heterocycles. The van der Waals surface area contributed by atoms with E-state index in [1.54, 1.807) is 16.7 Å². The van der Waals surface area contributed by atoms with Crippen LogP contribution in [0.2, 0.25) is 3.67 Å². The van der Waals surface area contributed by atoms with Crippen molar-refractivity contribution in [2.24, 2.45) is 5.41 Å². The number of rotatable bonds is 2. The average Bonchev–Trinajstić information content (AvgIpc) is 3.18. The van der Waals surface area contributed by atoms with Gasteiger partial charge in [-0.2, -0.15) is 0 Å². The van der Waals surface area contributed by atoms with Crippen LogP contribution < -0.4 is 24.8 Å². The molecule has 0 N–H and O–H groups in total. The van der Waals surface area contributed by atoms with Gasteiger partial charge >= 0.3 is 161 Å². The molecule has 2 aliphatic rings. The quantitative estimate of drug-likeness (QED) is 0.346. The molecule has 0 amide bonds. The van der Waals surface area contributed by atoms with Gasteiger partial charge in [0.05, 0.1) is 0 Å².